The molecule has 122 valence electrons. The zero-order chi connectivity index (χ0) is 16.8. The summed E-state index contributed by atoms with van der Waals surface area (Å²) in [5.74, 6) is 0.490. The molecule has 0 heterocycles. The second kappa shape index (κ2) is 7.82. The van der Waals surface area contributed by atoms with Gasteiger partial charge in [0.15, 0.2) is 0 Å². The van der Waals surface area contributed by atoms with Gasteiger partial charge in [-0.2, -0.15) is 0 Å². The fourth-order valence-electron chi connectivity index (χ4n) is 2.64. The zero-order valence-corrected chi connectivity index (χ0v) is 14.4. The zero-order valence-electron chi connectivity index (χ0n) is 14.4. The van der Waals surface area contributed by atoms with Crippen molar-refractivity contribution in [1.82, 2.24) is 0 Å². The summed E-state index contributed by atoms with van der Waals surface area (Å²) >= 11 is 0. The highest BCUT2D eigenvalue weighted by atomic mass is 16.1. The van der Waals surface area contributed by atoms with Gasteiger partial charge in [0.2, 0.25) is 5.91 Å². The van der Waals surface area contributed by atoms with Crippen LogP contribution in [0.1, 0.15) is 42.9 Å². The number of anilines is 2. The molecule has 0 bridgehead atoms. The Kier molecular flexibility index (Phi) is 5.80. The molecule has 0 spiro atoms. The standard InChI is InChI=1S/C20H26N2O/c1-14(2)17-10-7-9-16(4)20(17)21-13-12-19(23)22-18-11-6-5-8-15(18)3/h5-11,14,21H,12-13H2,1-4H3,(H,22,23). The summed E-state index contributed by atoms with van der Waals surface area (Å²) in [5, 5.41) is 6.40. The number of nitrogens with one attached hydrogen (secondary N) is 2. The highest BCUT2D eigenvalue weighted by Crippen LogP contribution is 2.27. The van der Waals surface area contributed by atoms with Gasteiger partial charge in [0.25, 0.3) is 0 Å². The van der Waals surface area contributed by atoms with Crippen LogP contribution in [0.4, 0.5) is 11.4 Å². The minimum atomic E-state index is 0.0338. The van der Waals surface area contributed by atoms with Crippen LogP contribution in [0.5, 0.6) is 0 Å². The lowest BCUT2D eigenvalue weighted by molar-refractivity contribution is -0.115. The van der Waals surface area contributed by atoms with Gasteiger partial charge in [-0.25, -0.2) is 0 Å². The quantitative estimate of drug-likeness (QED) is 0.799. The van der Waals surface area contributed by atoms with E-state index in [0.717, 1.165) is 16.9 Å². The largest absolute Gasteiger partial charge is 0.384 e. The van der Waals surface area contributed by atoms with Gasteiger partial charge in [0.05, 0.1) is 0 Å². The van der Waals surface area contributed by atoms with Crippen molar-refractivity contribution in [3.63, 3.8) is 0 Å². The molecule has 2 aromatic carbocycles. The third-order valence-corrected chi connectivity index (χ3v) is 4.00. The first kappa shape index (κ1) is 17.1. The van der Waals surface area contributed by atoms with E-state index in [1.54, 1.807) is 0 Å². The van der Waals surface area contributed by atoms with Gasteiger partial charge in [-0.15, -0.1) is 0 Å². The Morgan fingerprint density at radius 2 is 1.70 bits per heavy atom. The SMILES string of the molecule is Cc1ccccc1NC(=O)CCNc1c(C)cccc1C(C)C. The molecule has 0 saturated heterocycles. The summed E-state index contributed by atoms with van der Waals surface area (Å²) in [6, 6.07) is 14.2. The van der Waals surface area contributed by atoms with Crippen molar-refractivity contribution in [3.8, 4) is 0 Å². The summed E-state index contributed by atoms with van der Waals surface area (Å²) in [4.78, 5) is 12.1. The van der Waals surface area contributed by atoms with Gasteiger partial charge in [0.1, 0.15) is 0 Å². The van der Waals surface area contributed by atoms with Gasteiger partial charge >= 0.3 is 0 Å². The van der Waals surface area contributed by atoms with Crippen LogP contribution in [-0.4, -0.2) is 12.5 Å². The molecule has 0 aliphatic rings. The molecule has 3 heteroatoms. The van der Waals surface area contributed by atoms with Gasteiger partial charge in [-0.05, 0) is 42.5 Å². The average Bonchev–Trinajstić information content (AvgIpc) is 2.51. The highest BCUT2D eigenvalue weighted by Gasteiger charge is 2.09. The number of hydrogen-bond donors (Lipinski definition) is 2. The number of carbonyl (C=O) groups excluding carboxylic acids is 1. The minimum Gasteiger partial charge on any atom is -0.384 e. The summed E-state index contributed by atoms with van der Waals surface area (Å²) in [6.07, 6.45) is 0.445. The van der Waals surface area contributed by atoms with Crippen LogP contribution in [0.2, 0.25) is 0 Å². The van der Waals surface area contributed by atoms with Crippen LogP contribution >= 0.6 is 0 Å². The number of rotatable bonds is 6. The second-order valence-electron chi connectivity index (χ2n) is 6.23. The van der Waals surface area contributed by atoms with E-state index in [0.29, 0.717) is 18.9 Å². The van der Waals surface area contributed by atoms with E-state index in [-0.39, 0.29) is 5.91 Å². The predicted octanol–water partition coefficient (Wildman–Crippen LogP) is 4.87. The van der Waals surface area contributed by atoms with Crippen molar-refractivity contribution in [2.24, 2.45) is 0 Å². The number of para-hydroxylation sites is 2. The van der Waals surface area contributed by atoms with Crippen LogP contribution in [-0.2, 0) is 4.79 Å². The van der Waals surface area contributed by atoms with E-state index >= 15 is 0 Å². The maximum atomic E-state index is 12.1. The number of amides is 1. The monoisotopic (exact) mass is 310 g/mol. The van der Waals surface area contributed by atoms with Crippen molar-refractivity contribution in [1.29, 1.82) is 0 Å². The van der Waals surface area contributed by atoms with E-state index in [2.05, 4.69) is 49.6 Å². The number of aryl methyl sites for hydroxylation is 2. The van der Waals surface area contributed by atoms with Crippen molar-refractivity contribution in [2.75, 3.05) is 17.2 Å². The van der Waals surface area contributed by atoms with Gasteiger partial charge in [-0.3, -0.25) is 4.79 Å². The van der Waals surface area contributed by atoms with Gasteiger partial charge in [0, 0.05) is 24.3 Å². The molecule has 0 aliphatic carbocycles. The maximum Gasteiger partial charge on any atom is 0.226 e. The number of benzene rings is 2. The van der Waals surface area contributed by atoms with E-state index in [1.807, 2.05) is 31.2 Å². The highest BCUT2D eigenvalue weighted by molar-refractivity contribution is 5.91. The Morgan fingerprint density at radius 3 is 2.39 bits per heavy atom. The van der Waals surface area contributed by atoms with Crippen molar-refractivity contribution in [2.45, 2.75) is 40.0 Å². The van der Waals surface area contributed by atoms with E-state index in [1.165, 1.54) is 11.1 Å². The van der Waals surface area contributed by atoms with Crippen LogP contribution in [0.25, 0.3) is 0 Å². The fourth-order valence-corrected chi connectivity index (χ4v) is 2.64. The first-order valence-electron chi connectivity index (χ1n) is 8.18. The van der Waals surface area contributed by atoms with Gasteiger partial charge < -0.3 is 10.6 Å². The lowest BCUT2D eigenvalue weighted by Crippen LogP contribution is -2.17. The van der Waals surface area contributed by atoms with E-state index in [9.17, 15) is 4.79 Å². The molecular formula is C20H26N2O. The van der Waals surface area contributed by atoms with E-state index < -0.39 is 0 Å². The smallest absolute Gasteiger partial charge is 0.226 e. The molecule has 0 radical (unpaired) electrons. The molecule has 0 fully saturated rings. The van der Waals surface area contributed by atoms with Crippen LogP contribution in [0.15, 0.2) is 42.5 Å². The number of carbonyl (C=O) groups is 1. The third-order valence-electron chi connectivity index (χ3n) is 4.00. The Balaban J connectivity index is 1.93. The second-order valence-corrected chi connectivity index (χ2v) is 6.23. The molecule has 23 heavy (non-hydrogen) atoms. The first-order valence-corrected chi connectivity index (χ1v) is 8.18. The molecule has 2 rings (SSSR count). The molecule has 0 aromatic heterocycles. The summed E-state index contributed by atoms with van der Waals surface area (Å²) < 4.78 is 0. The van der Waals surface area contributed by atoms with Crippen LogP contribution < -0.4 is 10.6 Å². The lowest BCUT2D eigenvalue weighted by Gasteiger charge is -2.17. The first-order chi connectivity index (χ1) is 11.0. The molecule has 0 unspecified atom stereocenters. The molecule has 2 aromatic rings. The van der Waals surface area contributed by atoms with Crippen LogP contribution in [0.3, 0.4) is 0 Å². The summed E-state index contributed by atoms with van der Waals surface area (Å²) in [5.41, 5.74) is 5.64. The normalized spacial score (nSPS) is 10.7. The number of hydrogen-bond acceptors (Lipinski definition) is 2. The van der Waals surface area contributed by atoms with Crippen molar-refractivity contribution >= 4 is 17.3 Å². The van der Waals surface area contributed by atoms with Crippen molar-refractivity contribution in [3.05, 3.63) is 59.2 Å². The van der Waals surface area contributed by atoms with Crippen molar-refractivity contribution < 1.29 is 4.79 Å². The minimum absolute atomic E-state index is 0.0338. The fraction of sp³-hybridized carbons (Fsp3) is 0.350. The Hall–Kier alpha value is -2.29. The molecule has 0 atom stereocenters. The predicted molar refractivity (Wildman–Crippen MR) is 98.2 cm³/mol. The summed E-state index contributed by atoms with van der Waals surface area (Å²) in [7, 11) is 0. The average molecular weight is 310 g/mol. The maximum absolute atomic E-state index is 12.1. The van der Waals surface area contributed by atoms with Gasteiger partial charge in [-0.1, -0.05) is 50.2 Å². The Bertz CT molecular complexity index is 677. The van der Waals surface area contributed by atoms with E-state index in [4.69, 9.17) is 0 Å². The molecule has 0 aliphatic heterocycles. The Labute approximate surface area is 139 Å². The molecule has 3 nitrogen and oxygen atoms in total. The molecule has 2 N–H and O–H groups in total. The molecule has 1 amide bonds. The molecule has 0 saturated carbocycles. The topological polar surface area (TPSA) is 41.1 Å². The molecular weight excluding hydrogens is 284 g/mol. The lowest BCUT2D eigenvalue weighted by atomic mass is 9.98. The summed E-state index contributed by atoms with van der Waals surface area (Å²) in [6.45, 7) is 9.09. The Morgan fingerprint density at radius 1 is 1.00 bits per heavy atom. The third kappa shape index (κ3) is 4.59. The van der Waals surface area contributed by atoms with Crippen LogP contribution in [0, 0.1) is 13.8 Å².